The lowest BCUT2D eigenvalue weighted by atomic mass is 9.83. The molecule has 0 spiro atoms. The first-order chi connectivity index (χ1) is 8.06. The van der Waals surface area contributed by atoms with Crippen LogP contribution in [-0.2, 0) is 15.9 Å². The van der Waals surface area contributed by atoms with Gasteiger partial charge in [0.25, 0.3) is 0 Å². The van der Waals surface area contributed by atoms with Gasteiger partial charge in [-0.2, -0.15) is 0 Å². The Hall–Kier alpha value is -0.820. The quantitative estimate of drug-likeness (QED) is 0.728. The van der Waals surface area contributed by atoms with E-state index >= 15 is 0 Å². The fourth-order valence-electron chi connectivity index (χ4n) is 3.31. The van der Waals surface area contributed by atoms with Gasteiger partial charge in [0.2, 0.25) is 0 Å². The number of hydrogen-bond acceptors (Lipinski definition) is 1. The first-order valence-electron chi connectivity index (χ1n) is 6.86. The maximum atomic E-state index is 6.49. The van der Waals surface area contributed by atoms with Crippen LogP contribution in [0.15, 0.2) is 24.3 Å². The summed E-state index contributed by atoms with van der Waals surface area (Å²) in [6.07, 6.45) is 4.59. The number of hydrogen-bond donors (Lipinski definition) is 0. The van der Waals surface area contributed by atoms with E-state index in [0.717, 1.165) is 12.8 Å². The third-order valence-electron chi connectivity index (χ3n) is 3.82. The van der Waals surface area contributed by atoms with Gasteiger partial charge in [0.15, 0.2) is 0 Å². The maximum absolute atomic E-state index is 6.49. The van der Waals surface area contributed by atoms with Gasteiger partial charge >= 0.3 is 0 Å². The topological polar surface area (TPSA) is 9.23 Å². The molecule has 94 valence electrons. The molecule has 1 aromatic rings. The van der Waals surface area contributed by atoms with Crippen molar-refractivity contribution < 1.29 is 4.74 Å². The lowest BCUT2D eigenvalue weighted by Gasteiger charge is -2.32. The molecule has 0 fully saturated rings. The number of fused-ring (bicyclic) bond motifs is 1. The average molecular weight is 232 g/mol. The second kappa shape index (κ2) is 4.45. The van der Waals surface area contributed by atoms with Gasteiger partial charge in [-0.15, -0.1) is 0 Å². The summed E-state index contributed by atoms with van der Waals surface area (Å²) in [5.74, 6) is 0. The van der Waals surface area contributed by atoms with Crippen LogP contribution in [0.4, 0.5) is 0 Å². The van der Waals surface area contributed by atoms with Crippen LogP contribution < -0.4 is 0 Å². The van der Waals surface area contributed by atoms with Gasteiger partial charge in [0.05, 0.1) is 11.2 Å². The summed E-state index contributed by atoms with van der Waals surface area (Å²) in [6.45, 7) is 8.88. The molecule has 1 heterocycles. The Morgan fingerprint density at radius 3 is 2.00 bits per heavy atom. The second-order valence-electron chi connectivity index (χ2n) is 5.65. The molecule has 0 saturated heterocycles. The van der Waals surface area contributed by atoms with Crippen molar-refractivity contribution in [2.75, 3.05) is 0 Å². The summed E-state index contributed by atoms with van der Waals surface area (Å²) in [4.78, 5) is 0. The Morgan fingerprint density at radius 1 is 0.941 bits per heavy atom. The molecular formula is C16H24O. The van der Waals surface area contributed by atoms with E-state index in [2.05, 4.69) is 52.0 Å². The fourth-order valence-corrected chi connectivity index (χ4v) is 3.31. The van der Waals surface area contributed by atoms with Crippen molar-refractivity contribution in [3.8, 4) is 0 Å². The zero-order valence-electron chi connectivity index (χ0n) is 11.5. The van der Waals surface area contributed by atoms with Gasteiger partial charge in [-0.1, -0.05) is 51.0 Å². The molecule has 1 aliphatic rings. The Morgan fingerprint density at radius 2 is 1.47 bits per heavy atom. The van der Waals surface area contributed by atoms with Crippen molar-refractivity contribution in [1.29, 1.82) is 0 Å². The summed E-state index contributed by atoms with van der Waals surface area (Å²) in [5.41, 5.74) is 2.63. The standard InChI is InChI=1S/C16H24O/c1-5-11-16(12-6-2)14-10-8-7-9-13(14)15(3,4)17-16/h7-10H,5-6,11-12H2,1-4H3. The molecule has 2 rings (SSSR count). The highest BCUT2D eigenvalue weighted by Crippen LogP contribution is 2.51. The van der Waals surface area contributed by atoms with Gasteiger partial charge in [-0.3, -0.25) is 0 Å². The summed E-state index contributed by atoms with van der Waals surface area (Å²) in [7, 11) is 0. The van der Waals surface area contributed by atoms with E-state index in [1.807, 2.05) is 0 Å². The van der Waals surface area contributed by atoms with Crippen LogP contribution in [0.25, 0.3) is 0 Å². The molecule has 1 heteroatoms. The Balaban J connectivity index is 2.50. The lowest BCUT2D eigenvalue weighted by molar-refractivity contribution is -0.134. The smallest absolute Gasteiger partial charge is 0.0946 e. The van der Waals surface area contributed by atoms with Crippen molar-refractivity contribution in [1.82, 2.24) is 0 Å². The van der Waals surface area contributed by atoms with Crippen molar-refractivity contribution in [2.24, 2.45) is 0 Å². The molecule has 1 aromatic carbocycles. The van der Waals surface area contributed by atoms with Gasteiger partial charge < -0.3 is 4.74 Å². The van der Waals surface area contributed by atoms with E-state index in [4.69, 9.17) is 4.74 Å². The summed E-state index contributed by atoms with van der Waals surface area (Å²) < 4.78 is 6.49. The van der Waals surface area contributed by atoms with Crippen LogP contribution in [0.2, 0.25) is 0 Å². The van der Waals surface area contributed by atoms with Crippen molar-refractivity contribution in [3.05, 3.63) is 35.4 Å². The second-order valence-corrected chi connectivity index (χ2v) is 5.65. The predicted octanol–water partition coefficient (Wildman–Crippen LogP) is 4.75. The highest BCUT2D eigenvalue weighted by atomic mass is 16.5. The molecule has 0 atom stereocenters. The normalized spacial score (nSPS) is 20.2. The molecule has 1 aliphatic heterocycles. The van der Waals surface area contributed by atoms with Crippen LogP contribution in [0.3, 0.4) is 0 Å². The molecule has 0 aliphatic carbocycles. The van der Waals surface area contributed by atoms with Crippen LogP contribution in [-0.4, -0.2) is 0 Å². The van der Waals surface area contributed by atoms with Crippen molar-refractivity contribution >= 4 is 0 Å². The van der Waals surface area contributed by atoms with Crippen LogP contribution in [0.5, 0.6) is 0 Å². The molecule has 17 heavy (non-hydrogen) atoms. The van der Waals surface area contributed by atoms with Crippen molar-refractivity contribution in [3.63, 3.8) is 0 Å². The molecule has 0 radical (unpaired) electrons. The summed E-state index contributed by atoms with van der Waals surface area (Å²) >= 11 is 0. The Kier molecular flexibility index (Phi) is 3.31. The van der Waals surface area contributed by atoms with E-state index in [1.165, 1.54) is 24.0 Å². The van der Waals surface area contributed by atoms with Gasteiger partial charge in [-0.25, -0.2) is 0 Å². The SMILES string of the molecule is CCCC1(CCC)OC(C)(C)c2ccccc21. The minimum Gasteiger partial charge on any atom is -0.360 e. The number of rotatable bonds is 4. The molecule has 0 saturated carbocycles. The third-order valence-corrected chi connectivity index (χ3v) is 3.82. The average Bonchev–Trinajstić information content (AvgIpc) is 2.50. The van der Waals surface area contributed by atoms with Gasteiger partial charge in [-0.05, 0) is 37.8 Å². The largest absolute Gasteiger partial charge is 0.360 e. The first kappa shape index (κ1) is 12.6. The van der Waals surface area contributed by atoms with Crippen molar-refractivity contribution in [2.45, 2.75) is 64.6 Å². The highest BCUT2D eigenvalue weighted by molar-refractivity contribution is 5.40. The monoisotopic (exact) mass is 232 g/mol. The summed E-state index contributed by atoms with van der Waals surface area (Å²) in [5, 5.41) is 0. The minimum atomic E-state index is -0.138. The minimum absolute atomic E-state index is 0.0381. The molecule has 1 nitrogen and oxygen atoms in total. The zero-order chi connectivity index (χ0) is 12.5. The molecule has 0 N–H and O–H groups in total. The number of benzene rings is 1. The number of ether oxygens (including phenoxy) is 1. The maximum Gasteiger partial charge on any atom is 0.0946 e. The molecule has 0 amide bonds. The summed E-state index contributed by atoms with van der Waals surface area (Å²) in [6, 6.07) is 8.75. The molecule has 0 unspecified atom stereocenters. The van der Waals surface area contributed by atoms with E-state index in [0.29, 0.717) is 0 Å². The first-order valence-corrected chi connectivity index (χ1v) is 6.86. The fraction of sp³-hybridized carbons (Fsp3) is 0.625. The van der Waals surface area contributed by atoms with Gasteiger partial charge in [0, 0.05) is 0 Å². The van der Waals surface area contributed by atoms with E-state index in [1.54, 1.807) is 0 Å². The Labute approximate surface area is 105 Å². The zero-order valence-corrected chi connectivity index (χ0v) is 11.5. The highest BCUT2D eigenvalue weighted by Gasteiger charge is 2.47. The van der Waals surface area contributed by atoms with Crippen LogP contribution in [0, 0.1) is 0 Å². The van der Waals surface area contributed by atoms with E-state index in [-0.39, 0.29) is 11.2 Å². The lowest BCUT2D eigenvalue weighted by Crippen LogP contribution is -2.29. The van der Waals surface area contributed by atoms with E-state index < -0.39 is 0 Å². The molecule has 0 aromatic heterocycles. The third kappa shape index (κ3) is 2.01. The van der Waals surface area contributed by atoms with Gasteiger partial charge in [0.1, 0.15) is 0 Å². The van der Waals surface area contributed by atoms with Crippen LogP contribution in [0.1, 0.15) is 64.5 Å². The predicted molar refractivity (Wildman–Crippen MR) is 72.0 cm³/mol. The van der Waals surface area contributed by atoms with Crippen LogP contribution >= 0.6 is 0 Å². The molecule has 0 bridgehead atoms. The Bertz CT molecular complexity index is 386. The molecular weight excluding hydrogens is 208 g/mol. The van der Waals surface area contributed by atoms with E-state index in [9.17, 15) is 0 Å².